The van der Waals surface area contributed by atoms with Crippen LogP contribution in [0.3, 0.4) is 0 Å². The maximum Gasteiger partial charge on any atom is 0.0755 e. The topological polar surface area (TPSA) is 43.7 Å². The van der Waals surface area contributed by atoms with Gasteiger partial charge in [0.25, 0.3) is 0 Å². The van der Waals surface area contributed by atoms with Gasteiger partial charge in [-0.2, -0.15) is 0 Å². The minimum Gasteiger partial charge on any atom is -0.396 e. The Kier molecular flexibility index (Phi) is 3.30. The molecule has 2 fully saturated rings. The third-order valence-electron chi connectivity index (χ3n) is 5.80. The number of aliphatic hydroxyl groups is 2. The lowest BCUT2D eigenvalue weighted by Gasteiger charge is -2.53. The molecule has 0 aromatic heterocycles. The average Bonchev–Trinajstić information content (AvgIpc) is 2.52. The van der Waals surface area contributed by atoms with Crippen molar-refractivity contribution >= 4 is 0 Å². The standard InChI is InChI=1S/C14H27NO2/c1-10(2)13(3,9-16)14(17)7-11-5-6-12(8-14)15(11)4/h10-12,16-17H,5-9H2,1-4H3. The summed E-state index contributed by atoms with van der Waals surface area (Å²) in [6, 6.07) is 1.01. The normalized spacial score (nSPS) is 41.8. The van der Waals surface area contributed by atoms with Crippen molar-refractivity contribution in [3.05, 3.63) is 0 Å². The van der Waals surface area contributed by atoms with Crippen LogP contribution in [0.5, 0.6) is 0 Å². The van der Waals surface area contributed by atoms with Crippen molar-refractivity contribution in [3.63, 3.8) is 0 Å². The van der Waals surface area contributed by atoms with Gasteiger partial charge in [0.1, 0.15) is 0 Å². The average molecular weight is 241 g/mol. The molecule has 0 aliphatic carbocycles. The second-order valence-electron chi connectivity index (χ2n) is 6.72. The summed E-state index contributed by atoms with van der Waals surface area (Å²) in [5.74, 6) is 0.292. The lowest BCUT2D eigenvalue weighted by atomic mass is 9.61. The molecule has 0 aromatic rings. The van der Waals surface area contributed by atoms with Gasteiger partial charge in [0, 0.05) is 17.5 Å². The first-order valence-electron chi connectivity index (χ1n) is 6.89. The predicted molar refractivity (Wildman–Crippen MR) is 68.8 cm³/mol. The van der Waals surface area contributed by atoms with Gasteiger partial charge in [-0.3, -0.25) is 0 Å². The summed E-state index contributed by atoms with van der Waals surface area (Å²) in [6.45, 7) is 6.33. The number of hydrogen-bond acceptors (Lipinski definition) is 3. The van der Waals surface area contributed by atoms with Crippen molar-refractivity contribution < 1.29 is 10.2 Å². The van der Waals surface area contributed by atoms with Crippen LogP contribution in [0.1, 0.15) is 46.5 Å². The van der Waals surface area contributed by atoms with E-state index in [0.717, 1.165) is 12.8 Å². The highest BCUT2D eigenvalue weighted by molar-refractivity contribution is 5.08. The van der Waals surface area contributed by atoms with E-state index >= 15 is 0 Å². The lowest BCUT2D eigenvalue weighted by Crippen LogP contribution is -2.60. The molecule has 3 heteroatoms. The molecule has 17 heavy (non-hydrogen) atoms. The molecule has 0 saturated carbocycles. The van der Waals surface area contributed by atoms with Gasteiger partial charge in [-0.1, -0.05) is 20.8 Å². The number of aliphatic hydroxyl groups excluding tert-OH is 1. The zero-order valence-electron chi connectivity index (χ0n) is 11.6. The van der Waals surface area contributed by atoms with E-state index in [1.807, 2.05) is 6.92 Å². The summed E-state index contributed by atoms with van der Waals surface area (Å²) in [7, 11) is 2.17. The van der Waals surface area contributed by atoms with Crippen molar-refractivity contribution in [2.24, 2.45) is 11.3 Å². The molecule has 0 amide bonds. The number of nitrogens with zero attached hydrogens (tertiary/aromatic N) is 1. The van der Waals surface area contributed by atoms with Gasteiger partial charge in [-0.15, -0.1) is 0 Å². The molecule has 0 aromatic carbocycles. The predicted octanol–water partition coefficient (Wildman–Crippen LogP) is 1.63. The highest BCUT2D eigenvalue weighted by Crippen LogP contribution is 2.50. The summed E-state index contributed by atoms with van der Waals surface area (Å²) < 4.78 is 0. The van der Waals surface area contributed by atoms with Crippen LogP contribution in [-0.2, 0) is 0 Å². The van der Waals surface area contributed by atoms with Crippen molar-refractivity contribution in [3.8, 4) is 0 Å². The second kappa shape index (κ2) is 4.22. The fraction of sp³-hybridized carbons (Fsp3) is 1.00. The van der Waals surface area contributed by atoms with Crippen molar-refractivity contribution in [2.75, 3.05) is 13.7 Å². The van der Waals surface area contributed by atoms with Gasteiger partial charge in [0.15, 0.2) is 0 Å². The Morgan fingerprint density at radius 1 is 1.29 bits per heavy atom. The molecule has 2 heterocycles. The first-order chi connectivity index (χ1) is 7.84. The van der Waals surface area contributed by atoms with Crippen LogP contribution in [0, 0.1) is 11.3 Å². The number of rotatable bonds is 3. The van der Waals surface area contributed by atoms with E-state index in [4.69, 9.17) is 0 Å². The van der Waals surface area contributed by atoms with Crippen LogP contribution in [0.25, 0.3) is 0 Å². The molecule has 0 spiro atoms. The summed E-state index contributed by atoms with van der Waals surface area (Å²) in [5.41, 5.74) is -1.08. The first-order valence-corrected chi connectivity index (χ1v) is 6.89. The van der Waals surface area contributed by atoms with Crippen LogP contribution in [0.4, 0.5) is 0 Å². The Balaban J connectivity index is 2.26. The first kappa shape index (κ1) is 13.3. The van der Waals surface area contributed by atoms with Crippen LogP contribution in [0.15, 0.2) is 0 Å². The van der Waals surface area contributed by atoms with Gasteiger partial charge in [-0.25, -0.2) is 0 Å². The van der Waals surface area contributed by atoms with Crippen LogP contribution >= 0.6 is 0 Å². The highest BCUT2D eigenvalue weighted by Gasteiger charge is 2.55. The maximum absolute atomic E-state index is 11.1. The molecule has 3 nitrogen and oxygen atoms in total. The summed E-state index contributed by atoms with van der Waals surface area (Å²) in [4.78, 5) is 2.42. The van der Waals surface area contributed by atoms with E-state index in [2.05, 4.69) is 25.8 Å². The van der Waals surface area contributed by atoms with Crippen LogP contribution < -0.4 is 0 Å². The van der Waals surface area contributed by atoms with Gasteiger partial charge in [0.2, 0.25) is 0 Å². The second-order valence-corrected chi connectivity index (χ2v) is 6.72. The molecule has 3 atom stereocenters. The summed E-state index contributed by atoms with van der Waals surface area (Å²) in [6.07, 6.45) is 4.02. The van der Waals surface area contributed by atoms with E-state index in [9.17, 15) is 10.2 Å². The van der Waals surface area contributed by atoms with E-state index in [0.29, 0.717) is 18.0 Å². The zero-order valence-corrected chi connectivity index (χ0v) is 11.6. The summed E-state index contributed by atoms with van der Waals surface area (Å²) in [5, 5.41) is 20.8. The zero-order chi connectivity index (χ0) is 12.8. The SMILES string of the molecule is CC(C)C(C)(CO)C1(O)CC2CCC(C1)N2C. The maximum atomic E-state index is 11.1. The van der Waals surface area contributed by atoms with Gasteiger partial charge in [0.05, 0.1) is 12.2 Å². The van der Waals surface area contributed by atoms with E-state index in [1.54, 1.807) is 0 Å². The molecule has 2 N–H and O–H groups in total. The molecule has 2 bridgehead atoms. The van der Waals surface area contributed by atoms with Crippen LogP contribution in [-0.4, -0.2) is 46.5 Å². The van der Waals surface area contributed by atoms with E-state index < -0.39 is 5.60 Å². The lowest BCUT2D eigenvalue weighted by molar-refractivity contribution is -0.163. The Morgan fingerprint density at radius 3 is 2.12 bits per heavy atom. The quantitative estimate of drug-likeness (QED) is 0.789. The largest absolute Gasteiger partial charge is 0.396 e. The molecule has 2 aliphatic rings. The monoisotopic (exact) mass is 241 g/mol. The van der Waals surface area contributed by atoms with Gasteiger partial charge < -0.3 is 15.1 Å². The third kappa shape index (κ3) is 1.83. The fourth-order valence-electron chi connectivity index (χ4n) is 3.78. The van der Waals surface area contributed by atoms with Gasteiger partial charge in [-0.05, 0) is 38.6 Å². The summed E-state index contributed by atoms with van der Waals surface area (Å²) >= 11 is 0. The molecule has 2 rings (SSSR count). The molecular formula is C14H27NO2. The van der Waals surface area contributed by atoms with Crippen molar-refractivity contribution in [1.29, 1.82) is 0 Å². The molecule has 2 aliphatic heterocycles. The molecule has 3 unspecified atom stereocenters. The Hall–Kier alpha value is -0.120. The molecular weight excluding hydrogens is 214 g/mol. The van der Waals surface area contributed by atoms with Crippen molar-refractivity contribution in [1.82, 2.24) is 4.90 Å². The van der Waals surface area contributed by atoms with Gasteiger partial charge >= 0.3 is 0 Å². The minimum atomic E-state index is -0.700. The highest BCUT2D eigenvalue weighted by atomic mass is 16.3. The van der Waals surface area contributed by atoms with E-state index in [-0.39, 0.29) is 12.0 Å². The molecule has 0 radical (unpaired) electrons. The van der Waals surface area contributed by atoms with E-state index in [1.165, 1.54) is 12.8 Å². The molecule has 2 saturated heterocycles. The Labute approximate surface area is 105 Å². The number of piperidine rings is 1. The number of hydrogen-bond donors (Lipinski definition) is 2. The Morgan fingerprint density at radius 2 is 1.76 bits per heavy atom. The Bertz CT molecular complexity index is 278. The smallest absolute Gasteiger partial charge is 0.0755 e. The molecule has 100 valence electrons. The van der Waals surface area contributed by atoms with Crippen LogP contribution in [0.2, 0.25) is 0 Å². The van der Waals surface area contributed by atoms with Crippen molar-refractivity contribution in [2.45, 2.75) is 64.1 Å². The third-order valence-corrected chi connectivity index (χ3v) is 5.80. The minimum absolute atomic E-state index is 0.0737. The fourth-order valence-corrected chi connectivity index (χ4v) is 3.78. The number of fused-ring (bicyclic) bond motifs is 2.